The zero-order chi connectivity index (χ0) is 12.3. The first-order chi connectivity index (χ1) is 8.16. The summed E-state index contributed by atoms with van der Waals surface area (Å²) in [4.78, 5) is 7.73. The smallest absolute Gasteiger partial charge is 0.264 e. The number of aliphatic hydroxyl groups is 1. The maximum absolute atomic E-state index is 12.1. The summed E-state index contributed by atoms with van der Waals surface area (Å²) >= 11 is 0. The summed E-state index contributed by atoms with van der Waals surface area (Å²) in [5.41, 5.74) is 0.668. The SMILES string of the molecule is OC(Cc1nc(-c2ccncc2)no1)C(F)F. The van der Waals surface area contributed by atoms with Gasteiger partial charge in [0.05, 0.1) is 6.42 Å². The Hall–Kier alpha value is -1.89. The van der Waals surface area contributed by atoms with Crippen molar-refractivity contribution in [3.63, 3.8) is 0 Å². The first kappa shape index (κ1) is 11.6. The first-order valence-electron chi connectivity index (χ1n) is 4.86. The first-order valence-corrected chi connectivity index (χ1v) is 4.86. The second-order valence-corrected chi connectivity index (χ2v) is 3.35. The van der Waals surface area contributed by atoms with Crippen molar-refractivity contribution in [2.45, 2.75) is 19.0 Å². The third kappa shape index (κ3) is 2.82. The van der Waals surface area contributed by atoms with Gasteiger partial charge in [0.1, 0.15) is 6.10 Å². The molecule has 0 saturated heterocycles. The van der Waals surface area contributed by atoms with Gasteiger partial charge in [-0.1, -0.05) is 5.16 Å². The molecular weight excluding hydrogens is 232 g/mol. The van der Waals surface area contributed by atoms with Crippen molar-refractivity contribution in [1.29, 1.82) is 0 Å². The van der Waals surface area contributed by atoms with E-state index in [9.17, 15) is 8.78 Å². The molecule has 2 aromatic heterocycles. The topological polar surface area (TPSA) is 72.0 Å². The van der Waals surface area contributed by atoms with E-state index < -0.39 is 12.5 Å². The Kier molecular flexibility index (Phi) is 3.38. The molecule has 0 fully saturated rings. The molecule has 5 nitrogen and oxygen atoms in total. The van der Waals surface area contributed by atoms with Gasteiger partial charge in [-0.05, 0) is 12.1 Å². The minimum atomic E-state index is -2.83. The van der Waals surface area contributed by atoms with Crippen molar-refractivity contribution >= 4 is 0 Å². The van der Waals surface area contributed by atoms with E-state index in [0.717, 1.165) is 0 Å². The van der Waals surface area contributed by atoms with Crippen molar-refractivity contribution in [3.05, 3.63) is 30.4 Å². The van der Waals surface area contributed by atoms with E-state index in [-0.39, 0.29) is 18.1 Å². The van der Waals surface area contributed by atoms with E-state index in [0.29, 0.717) is 5.56 Å². The summed E-state index contributed by atoms with van der Waals surface area (Å²) in [6.45, 7) is 0. The van der Waals surface area contributed by atoms with Crippen LogP contribution in [0.1, 0.15) is 5.89 Å². The van der Waals surface area contributed by atoms with Gasteiger partial charge in [-0.15, -0.1) is 0 Å². The summed E-state index contributed by atoms with van der Waals surface area (Å²) in [6.07, 6.45) is -1.87. The van der Waals surface area contributed by atoms with Crippen molar-refractivity contribution in [1.82, 2.24) is 15.1 Å². The van der Waals surface area contributed by atoms with Gasteiger partial charge >= 0.3 is 0 Å². The Balaban J connectivity index is 2.12. The lowest BCUT2D eigenvalue weighted by atomic mass is 10.2. The van der Waals surface area contributed by atoms with Crippen LogP contribution in [0.15, 0.2) is 29.0 Å². The molecule has 0 aliphatic carbocycles. The van der Waals surface area contributed by atoms with E-state index in [1.165, 1.54) is 0 Å². The molecule has 0 aromatic carbocycles. The van der Waals surface area contributed by atoms with Crippen molar-refractivity contribution in [3.8, 4) is 11.4 Å². The molecule has 2 aromatic rings. The fraction of sp³-hybridized carbons (Fsp3) is 0.300. The molecule has 7 heteroatoms. The van der Waals surface area contributed by atoms with E-state index in [4.69, 9.17) is 9.63 Å². The predicted molar refractivity (Wildman–Crippen MR) is 53.2 cm³/mol. The third-order valence-corrected chi connectivity index (χ3v) is 2.08. The van der Waals surface area contributed by atoms with Crippen LogP contribution >= 0.6 is 0 Å². The number of aromatic nitrogens is 3. The second kappa shape index (κ2) is 4.96. The zero-order valence-corrected chi connectivity index (χ0v) is 8.62. The molecule has 90 valence electrons. The Morgan fingerprint density at radius 1 is 1.29 bits per heavy atom. The summed E-state index contributed by atoms with van der Waals surface area (Å²) in [5.74, 6) is 0.258. The summed E-state index contributed by atoms with van der Waals surface area (Å²) in [6, 6.07) is 3.33. The maximum Gasteiger partial charge on any atom is 0.264 e. The van der Waals surface area contributed by atoms with Crippen molar-refractivity contribution < 1.29 is 18.4 Å². The molecule has 0 aliphatic heterocycles. The molecule has 17 heavy (non-hydrogen) atoms. The number of hydrogen-bond acceptors (Lipinski definition) is 5. The number of alkyl halides is 2. The fourth-order valence-corrected chi connectivity index (χ4v) is 1.22. The Bertz CT molecular complexity index is 475. The maximum atomic E-state index is 12.1. The van der Waals surface area contributed by atoms with Gasteiger partial charge in [0.2, 0.25) is 11.7 Å². The van der Waals surface area contributed by atoms with Gasteiger partial charge in [0.25, 0.3) is 6.43 Å². The summed E-state index contributed by atoms with van der Waals surface area (Å²) in [7, 11) is 0. The molecule has 1 unspecified atom stereocenters. The van der Waals surface area contributed by atoms with Crippen molar-refractivity contribution in [2.24, 2.45) is 0 Å². The quantitative estimate of drug-likeness (QED) is 0.873. The summed E-state index contributed by atoms with van der Waals surface area (Å²) in [5, 5.41) is 12.6. The van der Waals surface area contributed by atoms with Gasteiger partial charge in [-0.2, -0.15) is 4.98 Å². The average Bonchev–Trinajstić information content (AvgIpc) is 2.78. The summed E-state index contributed by atoms with van der Waals surface area (Å²) < 4.78 is 29.0. The van der Waals surface area contributed by atoms with Gasteiger partial charge < -0.3 is 9.63 Å². The molecule has 2 rings (SSSR count). The van der Waals surface area contributed by atoms with Crippen LogP contribution in [-0.4, -0.2) is 32.8 Å². The molecule has 0 radical (unpaired) electrons. The van der Waals surface area contributed by atoms with E-state index in [2.05, 4.69) is 15.1 Å². The van der Waals surface area contributed by atoms with E-state index >= 15 is 0 Å². The fourth-order valence-electron chi connectivity index (χ4n) is 1.22. The molecule has 1 atom stereocenters. The number of halogens is 2. The highest BCUT2D eigenvalue weighted by Crippen LogP contribution is 2.15. The normalized spacial score (nSPS) is 12.9. The molecule has 0 aliphatic rings. The molecule has 0 bridgehead atoms. The van der Waals surface area contributed by atoms with Gasteiger partial charge in [-0.3, -0.25) is 4.98 Å². The van der Waals surface area contributed by atoms with Crippen LogP contribution in [0.5, 0.6) is 0 Å². The zero-order valence-electron chi connectivity index (χ0n) is 8.62. The highest BCUT2D eigenvalue weighted by molar-refractivity contribution is 5.52. The van der Waals surface area contributed by atoms with Crippen LogP contribution in [-0.2, 0) is 6.42 Å². The lowest BCUT2D eigenvalue weighted by Gasteiger charge is -2.04. The number of pyridine rings is 1. The largest absolute Gasteiger partial charge is 0.387 e. The van der Waals surface area contributed by atoms with E-state index in [1.54, 1.807) is 24.5 Å². The number of nitrogens with zero attached hydrogens (tertiary/aromatic N) is 3. The lowest BCUT2D eigenvalue weighted by molar-refractivity contribution is -0.00754. The molecule has 2 heterocycles. The number of hydrogen-bond donors (Lipinski definition) is 1. The molecule has 1 N–H and O–H groups in total. The minimum Gasteiger partial charge on any atom is -0.387 e. The average molecular weight is 241 g/mol. The Labute approximate surface area is 95.1 Å². The van der Waals surface area contributed by atoms with Crippen LogP contribution in [0.2, 0.25) is 0 Å². The molecule has 0 saturated carbocycles. The molecular formula is C10H9F2N3O2. The predicted octanol–water partition coefficient (Wildman–Crippen LogP) is 1.30. The molecule has 0 amide bonds. The highest BCUT2D eigenvalue weighted by Gasteiger charge is 2.20. The lowest BCUT2D eigenvalue weighted by Crippen LogP contribution is -2.20. The van der Waals surface area contributed by atoms with Gasteiger partial charge in [-0.25, -0.2) is 8.78 Å². The Morgan fingerprint density at radius 3 is 2.65 bits per heavy atom. The third-order valence-electron chi connectivity index (χ3n) is 2.08. The highest BCUT2D eigenvalue weighted by atomic mass is 19.3. The van der Waals surface area contributed by atoms with Gasteiger partial charge in [0, 0.05) is 18.0 Å². The monoisotopic (exact) mass is 241 g/mol. The second-order valence-electron chi connectivity index (χ2n) is 3.35. The van der Waals surface area contributed by atoms with Crippen molar-refractivity contribution in [2.75, 3.05) is 0 Å². The number of rotatable bonds is 4. The Morgan fingerprint density at radius 2 is 2.00 bits per heavy atom. The minimum absolute atomic E-state index is 0.0235. The van der Waals surface area contributed by atoms with E-state index in [1.807, 2.05) is 0 Å². The number of aliphatic hydroxyl groups excluding tert-OH is 1. The van der Waals surface area contributed by atoms with Crippen LogP contribution in [0.3, 0.4) is 0 Å². The van der Waals surface area contributed by atoms with Crippen LogP contribution in [0.25, 0.3) is 11.4 Å². The molecule has 0 spiro atoms. The van der Waals surface area contributed by atoms with Crippen LogP contribution in [0.4, 0.5) is 8.78 Å². The van der Waals surface area contributed by atoms with Crippen LogP contribution in [0, 0.1) is 0 Å². The standard InChI is InChI=1S/C10H9F2N3O2/c11-9(12)7(16)5-8-14-10(15-17-8)6-1-3-13-4-2-6/h1-4,7,9,16H,5H2. The van der Waals surface area contributed by atoms with Gasteiger partial charge in [0.15, 0.2) is 0 Å². The van der Waals surface area contributed by atoms with Crippen LogP contribution < -0.4 is 0 Å².